The molecule has 0 bridgehead atoms. The van der Waals surface area contributed by atoms with E-state index >= 15 is 0 Å². The summed E-state index contributed by atoms with van der Waals surface area (Å²) < 4.78 is 28.3. The van der Waals surface area contributed by atoms with Crippen LogP contribution in [0, 0.1) is 6.85 Å². The Bertz CT molecular complexity index is 3430. The van der Waals surface area contributed by atoms with Gasteiger partial charge in [0.05, 0.1) is 22.3 Å². The molecule has 0 unspecified atom stereocenters. The zero-order valence-electron chi connectivity index (χ0n) is 40.0. The number of aromatic nitrogens is 3. The summed E-state index contributed by atoms with van der Waals surface area (Å²) in [5.74, 6) is 0.888. The topological polar surface area (TPSA) is 50.9 Å². The highest BCUT2D eigenvalue weighted by atomic mass is 16.3. The highest BCUT2D eigenvalue weighted by Gasteiger charge is 2.24. The van der Waals surface area contributed by atoms with Gasteiger partial charge in [-0.1, -0.05) is 167 Å². The maximum absolute atomic E-state index is 12.2. The first-order valence-corrected chi connectivity index (χ1v) is 22.3. The van der Waals surface area contributed by atoms with E-state index in [1.54, 1.807) is 6.07 Å². The van der Waals surface area contributed by atoms with Gasteiger partial charge in [-0.3, -0.25) is 9.55 Å². The average Bonchev–Trinajstić information content (AvgIpc) is 3.76. The highest BCUT2D eigenvalue weighted by molar-refractivity contribution is 5.98. The van der Waals surface area contributed by atoms with Crippen molar-refractivity contribution in [2.75, 3.05) is 0 Å². The number of nitrogens with zero attached hydrogens (tertiary/aromatic N) is 3. The van der Waals surface area contributed by atoms with Gasteiger partial charge in [-0.25, -0.2) is 4.98 Å². The van der Waals surface area contributed by atoms with Crippen LogP contribution in [0.2, 0.25) is 0 Å². The number of phenolic OH excluding ortho intramolecular Hbond substituents is 1. The third-order valence-corrected chi connectivity index (χ3v) is 12.5. The van der Waals surface area contributed by atoms with Crippen LogP contribution in [0.4, 0.5) is 0 Å². The molecular formula is C61H51N3O. The van der Waals surface area contributed by atoms with Crippen molar-refractivity contribution in [3.05, 3.63) is 217 Å². The van der Waals surface area contributed by atoms with Crippen molar-refractivity contribution in [2.24, 2.45) is 0 Å². The predicted octanol–water partition coefficient (Wildman–Crippen LogP) is 16.4. The van der Waals surface area contributed by atoms with Crippen molar-refractivity contribution >= 4 is 11.0 Å². The molecule has 0 atom stereocenters. The summed E-state index contributed by atoms with van der Waals surface area (Å²) in [7, 11) is 0. The van der Waals surface area contributed by atoms with E-state index in [-0.39, 0.29) is 23.1 Å². The smallest absolute Gasteiger partial charge is 0.149 e. The number of imidazole rings is 1. The van der Waals surface area contributed by atoms with Crippen LogP contribution in [-0.4, -0.2) is 19.6 Å². The molecule has 0 radical (unpaired) electrons. The van der Waals surface area contributed by atoms with Crippen LogP contribution in [-0.2, 0) is 0 Å². The molecule has 2 heterocycles. The highest BCUT2D eigenvalue weighted by Crippen LogP contribution is 2.43. The lowest BCUT2D eigenvalue weighted by atomic mass is 9.91. The maximum Gasteiger partial charge on any atom is 0.149 e. The molecule has 65 heavy (non-hydrogen) atoms. The van der Waals surface area contributed by atoms with Gasteiger partial charge in [-0.15, -0.1) is 0 Å². The number of rotatable bonds is 10. The van der Waals surface area contributed by atoms with Crippen LogP contribution in [0.25, 0.3) is 95.0 Å². The summed E-state index contributed by atoms with van der Waals surface area (Å²) in [6.07, 6.45) is 1.87. The standard InChI is InChI=1S/C61H51N3O/c1-39(2)48-36-55(40(3)4)60(65)56(37-48)61-63-59-54(22-15-23-58(59)64(61)52-28-29-53(41(5)32-52)46-20-13-8-14-21-46)50-33-49(43-18-11-7-12-19-43)34-51(35-50)57-38-47(30-31-62-57)45-26-24-44(25-27-45)42-16-9-6-10-17-42/h6-40,65H,1-5H3/i5D3. The van der Waals surface area contributed by atoms with Crippen LogP contribution in [0.3, 0.4) is 0 Å². The summed E-state index contributed by atoms with van der Waals surface area (Å²) in [4.78, 5) is 10.5. The molecule has 0 saturated carbocycles. The molecule has 4 nitrogen and oxygen atoms in total. The van der Waals surface area contributed by atoms with Gasteiger partial charge in [-0.05, 0) is 140 Å². The molecule has 0 aliphatic carbocycles. The van der Waals surface area contributed by atoms with E-state index in [0.29, 0.717) is 28.2 Å². The molecule has 0 fully saturated rings. The van der Waals surface area contributed by atoms with E-state index in [9.17, 15) is 5.11 Å². The third-order valence-electron chi connectivity index (χ3n) is 12.5. The van der Waals surface area contributed by atoms with Crippen LogP contribution >= 0.6 is 0 Å². The summed E-state index contributed by atoms with van der Waals surface area (Å²) in [5.41, 5.74) is 16.5. The monoisotopic (exact) mass is 844 g/mol. The Kier molecular flexibility index (Phi) is 10.1. The lowest BCUT2D eigenvalue weighted by molar-refractivity contribution is 0.466. The van der Waals surface area contributed by atoms with Gasteiger partial charge in [0, 0.05) is 27.1 Å². The first kappa shape index (κ1) is 37.7. The molecule has 0 aliphatic heterocycles. The SMILES string of the molecule is [2H]C([2H])([2H])c1cc(-n2c(-c3cc(C(C)C)cc(C(C)C)c3O)nc3c(-c4cc(-c5ccccc5)cc(-c5cc(-c6ccc(-c7ccccc7)cc6)ccn5)c4)cccc32)ccc1-c1ccccc1. The Hall–Kier alpha value is -7.82. The van der Waals surface area contributed by atoms with Gasteiger partial charge in [0.25, 0.3) is 0 Å². The van der Waals surface area contributed by atoms with Crippen LogP contribution in [0.15, 0.2) is 200 Å². The lowest BCUT2D eigenvalue weighted by Crippen LogP contribution is -2.02. The van der Waals surface area contributed by atoms with Gasteiger partial charge in [0.15, 0.2) is 0 Å². The van der Waals surface area contributed by atoms with E-state index in [2.05, 4.69) is 131 Å². The molecule has 8 aromatic carbocycles. The molecule has 10 rings (SSSR count). The Balaban J connectivity index is 1.19. The summed E-state index contributed by atoms with van der Waals surface area (Å²) in [5, 5.41) is 12.2. The van der Waals surface area contributed by atoms with E-state index in [4.69, 9.17) is 14.1 Å². The molecule has 4 heteroatoms. The van der Waals surface area contributed by atoms with Gasteiger partial charge < -0.3 is 5.11 Å². The first-order valence-electron chi connectivity index (χ1n) is 23.8. The number of fused-ring (bicyclic) bond motifs is 1. The lowest BCUT2D eigenvalue weighted by Gasteiger charge is -2.18. The van der Waals surface area contributed by atoms with E-state index in [1.807, 2.05) is 95.7 Å². The summed E-state index contributed by atoms with van der Waals surface area (Å²) in [6.45, 7) is 6.04. The molecule has 0 amide bonds. The zero-order valence-corrected chi connectivity index (χ0v) is 37.0. The maximum atomic E-state index is 12.2. The quantitative estimate of drug-likeness (QED) is 0.149. The van der Waals surface area contributed by atoms with Crippen LogP contribution in [0.1, 0.15) is 60.3 Å². The number of aromatic hydroxyl groups is 1. The Morgan fingerprint density at radius 1 is 0.477 bits per heavy atom. The van der Waals surface area contributed by atoms with Crippen LogP contribution in [0.5, 0.6) is 5.75 Å². The minimum atomic E-state index is -2.42. The number of benzene rings is 8. The second kappa shape index (κ2) is 17.4. The van der Waals surface area contributed by atoms with E-state index in [0.717, 1.165) is 72.4 Å². The fourth-order valence-electron chi connectivity index (χ4n) is 8.92. The number of para-hydroxylation sites is 1. The summed E-state index contributed by atoms with van der Waals surface area (Å²) in [6, 6.07) is 65.7. The van der Waals surface area contributed by atoms with E-state index in [1.165, 1.54) is 5.56 Å². The Morgan fingerprint density at radius 2 is 1.09 bits per heavy atom. The molecule has 0 aliphatic rings. The number of pyridine rings is 1. The largest absolute Gasteiger partial charge is 0.507 e. The molecule has 1 N–H and O–H groups in total. The zero-order chi connectivity index (χ0) is 47.1. The van der Waals surface area contributed by atoms with Gasteiger partial charge in [-0.2, -0.15) is 0 Å². The van der Waals surface area contributed by atoms with Crippen molar-refractivity contribution in [1.82, 2.24) is 14.5 Å². The molecule has 10 aromatic rings. The normalized spacial score (nSPS) is 12.4. The molecule has 0 spiro atoms. The number of phenols is 1. The number of hydrogen-bond donors (Lipinski definition) is 1. The minimum Gasteiger partial charge on any atom is -0.507 e. The third kappa shape index (κ3) is 8.04. The molecule has 316 valence electrons. The average molecular weight is 845 g/mol. The number of hydrogen-bond acceptors (Lipinski definition) is 3. The molecule has 0 saturated heterocycles. The van der Waals surface area contributed by atoms with Gasteiger partial charge in [0.1, 0.15) is 11.6 Å². The predicted molar refractivity (Wildman–Crippen MR) is 271 cm³/mol. The van der Waals surface area contributed by atoms with Crippen molar-refractivity contribution in [1.29, 1.82) is 0 Å². The first-order chi connectivity index (χ1) is 32.9. The van der Waals surface area contributed by atoms with Crippen molar-refractivity contribution in [2.45, 2.75) is 46.4 Å². The van der Waals surface area contributed by atoms with Crippen molar-refractivity contribution in [3.63, 3.8) is 0 Å². The van der Waals surface area contributed by atoms with E-state index < -0.39 is 6.85 Å². The Labute approximate surface area is 386 Å². The van der Waals surface area contributed by atoms with Crippen LogP contribution < -0.4 is 0 Å². The molecular weight excluding hydrogens is 791 g/mol. The fraction of sp³-hybridized carbons (Fsp3) is 0.115. The van der Waals surface area contributed by atoms with Gasteiger partial charge in [0.2, 0.25) is 0 Å². The number of aryl methyl sites for hydroxylation is 1. The van der Waals surface area contributed by atoms with Crippen molar-refractivity contribution < 1.29 is 9.22 Å². The minimum absolute atomic E-state index is 0.0352. The summed E-state index contributed by atoms with van der Waals surface area (Å²) >= 11 is 0. The van der Waals surface area contributed by atoms with Crippen molar-refractivity contribution in [3.8, 4) is 89.7 Å². The van der Waals surface area contributed by atoms with Gasteiger partial charge >= 0.3 is 0 Å². The Morgan fingerprint density at radius 3 is 1.75 bits per heavy atom. The molecule has 2 aromatic heterocycles. The second-order valence-corrected chi connectivity index (χ2v) is 17.4. The fourth-order valence-corrected chi connectivity index (χ4v) is 8.92. The second-order valence-electron chi connectivity index (χ2n) is 17.4.